The molecule has 12 nitrogen and oxygen atoms in total. The molecule has 59 heavy (non-hydrogen) atoms. The minimum Gasteiger partial charge on any atom is -0.756 e. The Hall–Kier alpha value is -2.44. The van der Waals surface area contributed by atoms with Crippen LogP contribution in [0.5, 0.6) is 0 Å². The number of ether oxygens (including phenoxy) is 2. The zero-order chi connectivity index (χ0) is 43.8. The maximum atomic E-state index is 12.7. The number of phosphoric acid groups is 1. The lowest BCUT2D eigenvalue weighted by Crippen LogP contribution is -2.37. The molecule has 340 valence electrons. The first-order chi connectivity index (χ1) is 28.2. The van der Waals surface area contributed by atoms with Crippen LogP contribution in [0.25, 0.3) is 0 Å². The zero-order valence-corrected chi connectivity index (χ0v) is 38.0. The van der Waals surface area contributed by atoms with Crippen LogP contribution in [0, 0.1) is 11.8 Å². The van der Waals surface area contributed by atoms with Crippen molar-refractivity contribution in [1.29, 1.82) is 0 Å². The van der Waals surface area contributed by atoms with Crippen molar-refractivity contribution in [2.24, 2.45) is 11.8 Å². The summed E-state index contributed by atoms with van der Waals surface area (Å²) in [4.78, 5) is 50.3. The van der Waals surface area contributed by atoms with Gasteiger partial charge >= 0.3 is 11.9 Å². The highest BCUT2D eigenvalue weighted by molar-refractivity contribution is 7.45. The molecule has 1 aliphatic carbocycles. The summed E-state index contributed by atoms with van der Waals surface area (Å²) in [5, 5.41) is 20.8. The van der Waals surface area contributed by atoms with Gasteiger partial charge < -0.3 is 38.1 Å². The van der Waals surface area contributed by atoms with Gasteiger partial charge in [-0.15, -0.1) is 0 Å². The first-order valence-corrected chi connectivity index (χ1v) is 23.9. The Morgan fingerprint density at radius 2 is 1.41 bits per heavy atom. The molecule has 1 saturated carbocycles. The lowest BCUT2D eigenvalue weighted by Gasteiger charge is -2.28. The third-order valence-electron chi connectivity index (χ3n) is 10.2. The molecule has 0 aromatic rings. The van der Waals surface area contributed by atoms with Crippen LogP contribution in [0.4, 0.5) is 0 Å². The molecule has 1 aliphatic rings. The summed E-state index contributed by atoms with van der Waals surface area (Å²) in [6, 6.07) is 0. The van der Waals surface area contributed by atoms with Gasteiger partial charge in [0.05, 0.1) is 40.0 Å². The molecule has 0 spiro atoms. The summed E-state index contributed by atoms with van der Waals surface area (Å²) in [6.07, 6.45) is 30.5. The van der Waals surface area contributed by atoms with E-state index in [1.807, 2.05) is 21.1 Å². The van der Waals surface area contributed by atoms with Gasteiger partial charge in [-0.1, -0.05) is 114 Å². The Morgan fingerprint density at radius 1 is 0.814 bits per heavy atom. The molecular formula is C46H80NO11P. The van der Waals surface area contributed by atoms with Gasteiger partial charge in [0, 0.05) is 25.2 Å². The fourth-order valence-corrected chi connectivity index (χ4v) is 7.35. The molecule has 0 radical (unpaired) electrons. The molecule has 1 rings (SSSR count). The molecule has 0 bridgehead atoms. The van der Waals surface area contributed by atoms with Gasteiger partial charge in [-0.05, 0) is 70.1 Å². The van der Waals surface area contributed by atoms with E-state index >= 15 is 0 Å². The summed E-state index contributed by atoms with van der Waals surface area (Å²) >= 11 is 0. The number of unbranched alkanes of at least 4 members (excludes halogenated alkanes) is 10. The maximum Gasteiger partial charge on any atom is 0.306 e. The molecular weight excluding hydrogens is 773 g/mol. The number of carbonyl (C=O) groups is 3. The zero-order valence-electron chi connectivity index (χ0n) is 37.1. The van der Waals surface area contributed by atoms with Crippen LogP contribution in [0.3, 0.4) is 0 Å². The molecule has 6 atom stereocenters. The SMILES string of the molecule is CCCCC/C=C\C/C=C\C/C=C\CCCCC(=O)O[C@H](COC(=O)CCCCCC[C@H]1[C@@H](O)CC(=O)[C@@H]1/C=C/[C@@H](O)CCCCC)COP(=O)([O-])OCC[N+](C)(C)C. The molecule has 1 unspecified atom stereocenters. The number of phosphoric ester groups is 1. The summed E-state index contributed by atoms with van der Waals surface area (Å²) in [5.41, 5.74) is 0. The van der Waals surface area contributed by atoms with Crippen LogP contribution in [0.15, 0.2) is 48.6 Å². The summed E-state index contributed by atoms with van der Waals surface area (Å²) in [5.74, 6) is -1.62. The largest absolute Gasteiger partial charge is 0.756 e. The van der Waals surface area contributed by atoms with Crippen molar-refractivity contribution >= 4 is 25.5 Å². The quantitative estimate of drug-likeness (QED) is 0.0203. The number of aliphatic hydroxyl groups excluding tert-OH is 2. The molecule has 1 fully saturated rings. The Bertz CT molecular complexity index is 1310. The van der Waals surface area contributed by atoms with Crippen molar-refractivity contribution in [3.63, 3.8) is 0 Å². The Morgan fingerprint density at radius 3 is 2.07 bits per heavy atom. The van der Waals surface area contributed by atoms with Gasteiger partial charge in [0.25, 0.3) is 7.82 Å². The smallest absolute Gasteiger partial charge is 0.306 e. The van der Waals surface area contributed by atoms with E-state index in [1.165, 1.54) is 19.3 Å². The van der Waals surface area contributed by atoms with E-state index in [-0.39, 0.29) is 44.2 Å². The first kappa shape index (κ1) is 54.6. The minimum absolute atomic E-state index is 0.000965. The number of esters is 2. The number of hydrogen-bond acceptors (Lipinski definition) is 11. The second-order valence-corrected chi connectivity index (χ2v) is 18.3. The van der Waals surface area contributed by atoms with Crippen LogP contribution in [-0.2, 0) is 37.5 Å². The lowest BCUT2D eigenvalue weighted by molar-refractivity contribution is -0.870. The second kappa shape index (κ2) is 33.2. The van der Waals surface area contributed by atoms with Gasteiger partial charge in [0.2, 0.25) is 0 Å². The Labute approximate surface area is 356 Å². The van der Waals surface area contributed by atoms with Crippen LogP contribution >= 0.6 is 7.82 Å². The summed E-state index contributed by atoms with van der Waals surface area (Å²) < 4.78 is 33.8. The molecule has 0 aliphatic heterocycles. The first-order valence-electron chi connectivity index (χ1n) is 22.4. The molecule has 0 heterocycles. The fraction of sp³-hybridized carbons (Fsp3) is 0.761. The number of quaternary nitrogens is 1. The molecule has 2 N–H and O–H groups in total. The summed E-state index contributed by atoms with van der Waals surface area (Å²) in [6.45, 7) is 3.76. The molecule has 0 aromatic carbocycles. The number of aliphatic hydroxyl groups is 2. The number of Topliss-reactive ketones (excluding diaryl/α,β-unsaturated/α-hetero) is 1. The Balaban J connectivity index is 2.50. The Kier molecular flexibility index (Phi) is 30.7. The van der Waals surface area contributed by atoms with E-state index in [0.29, 0.717) is 36.7 Å². The minimum atomic E-state index is -4.70. The second-order valence-electron chi connectivity index (χ2n) is 16.8. The standard InChI is InChI=1S/C46H80NO11P/c1-6-8-10-11-12-13-14-15-16-17-18-19-20-21-27-31-46(52)58-40(38-57-59(53,54)56-35-34-47(3,4)5)37-55-45(51)30-26-23-22-25-29-41-42(44(50)36-43(41)49)33-32-39(48)28-24-9-7-2/h12-13,15-16,18-19,32-33,39-43,48-49H,6-11,14,17,20-31,34-38H2,1-5H3/b13-12-,16-15-,19-18-,33-32+/t39-,40+,41+,42+,43-/m0/s1. The highest BCUT2D eigenvalue weighted by Gasteiger charge is 2.39. The number of hydrogen-bond donors (Lipinski definition) is 2. The number of allylic oxidation sites excluding steroid dienone is 7. The number of nitrogens with zero attached hydrogens (tertiary/aromatic N) is 1. The van der Waals surface area contributed by atoms with E-state index in [0.717, 1.165) is 70.6 Å². The third kappa shape index (κ3) is 30.3. The average Bonchev–Trinajstić information content (AvgIpc) is 3.44. The molecule has 13 heteroatoms. The number of rotatable bonds is 36. The molecule has 0 saturated heterocycles. The van der Waals surface area contributed by atoms with Crippen LogP contribution in [0.2, 0.25) is 0 Å². The van der Waals surface area contributed by atoms with E-state index in [2.05, 4.69) is 50.3 Å². The number of carbonyl (C=O) groups excluding carboxylic acids is 3. The number of likely N-dealkylation sites (N-methyl/N-ethyl adjacent to an activating group) is 1. The van der Waals surface area contributed by atoms with Gasteiger partial charge in [0.1, 0.15) is 25.5 Å². The van der Waals surface area contributed by atoms with Crippen LogP contribution in [-0.4, -0.2) is 98.2 Å². The van der Waals surface area contributed by atoms with Gasteiger partial charge in [0.15, 0.2) is 6.10 Å². The van der Waals surface area contributed by atoms with Crippen molar-refractivity contribution in [1.82, 2.24) is 0 Å². The van der Waals surface area contributed by atoms with Crippen LogP contribution < -0.4 is 4.89 Å². The molecule has 0 aromatic heterocycles. The predicted octanol–water partition coefficient (Wildman–Crippen LogP) is 8.64. The van der Waals surface area contributed by atoms with Crippen molar-refractivity contribution in [2.45, 2.75) is 167 Å². The van der Waals surface area contributed by atoms with E-state index in [1.54, 1.807) is 12.2 Å². The van der Waals surface area contributed by atoms with E-state index in [9.17, 15) is 34.1 Å². The van der Waals surface area contributed by atoms with E-state index < -0.39 is 50.6 Å². The maximum absolute atomic E-state index is 12.7. The average molecular weight is 854 g/mol. The van der Waals surface area contributed by atoms with E-state index in [4.69, 9.17) is 18.5 Å². The van der Waals surface area contributed by atoms with Crippen molar-refractivity contribution in [3.8, 4) is 0 Å². The van der Waals surface area contributed by atoms with Gasteiger partial charge in [-0.3, -0.25) is 18.9 Å². The van der Waals surface area contributed by atoms with Crippen molar-refractivity contribution in [3.05, 3.63) is 48.6 Å². The monoisotopic (exact) mass is 854 g/mol. The topological polar surface area (TPSA) is 169 Å². The summed E-state index contributed by atoms with van der Waals surface area (Å²) in [7, 11) is 1.00. The number of ketones is 1. The normalized spacial score (nSPS) is 19.7. The highest BCUT2D eigenvalue weighted by atomic mass is 31.2. The van der Waals surface area contributed by atoms with Gasteiger partial charge in [-0.2, -0.15) is 0 Å². The van der Waals surface area contributed by atoms with Crippen LogP contribution in [0.1, 0.15) is 149 Å². The van der Waals surface area contributed by atoms with Gasteiger partial charge in [-0.25, -0.2) is 0 Å². The lowest BCUT2D eigenvalue weighted by atomic mass is 9.88. The van der Waals surface area contributed by atoms with Crippen molar-refractivity contribution < 1.29 is 57.1 Å². The fourth-order valence-electron chi connectivity index (χ4n) is 6.62. The van der Waals surface area contributed by atoms with Crippen molar-refractivity contribution in [2.75, 3.05) is 47.5 Å². The molecule has 0 amide bonds. The predicted molar refractivity (Wildman–Crippen MR) is 232 cm³/mol. The third-order valence-corrected chi connectivity index (χ3v) is 11.2. The highest BCUT2D eigenvalue weighted by Crippen LogP contribution is 2.38.